The maximum absolute atomic E-state index is 15.0. The number of halogens is 3. The van der Waals surface area contributed by atoms with Crippen molar-refractivity contribution in [2.45, 2.75) is 26.9 Å². The molecule has 0 radical (unpaired) electrons. The summed E-state index contributed by atoms with van der Waals surface area (Å²) in [5.41, 5.74) is 8.30. The number of aromatic nitrogens is 2. The van der Waals surface area contributed by atoms with Crippen molar-refractivity contribution < 1.29 is 13.2 Å². The molecule has 0 N–H and O–H groups in total. The molecule has 0 aliphatic heterocycles. The van der Waals surface area contributed by atoms with E-state index in [1.165, 1.54) is 12.1 Å². The fourth-order valence-corrected chi connectivity index (χ4v) is 8.69. The molecule has 0 aliphatic carbocycles. The molecule has 0 atom stereocenters. The largest absolute Gasteiger partial charge is 0.417 e. The van der Waals surface area contributed by atoms with Crippen LogP contribution in [0, 0.1) is 43.4 Å². The molecule has 4 aromatic heterocycles. The molecule has 4 nitrogen and oxygen atoms in total. The molecule has 0 saturated heterocycles. The van der Waals surface area contributed by atoms with Gasteiger partial charge in [-0.05, 0) is 139 Å². The summed E-state index contributed by atoms with van der Waals surface area (Å²) in [5, 5.41) is 27.3. The molecule has 7 heteroatoms. The summed E-state index contributed by atoms with van der Waals surface area (Å²) < 4.78 is 49.2. The van der Waals surface area contributed by atoms with Gasteiger partial charge in [0.1, 0.15) is 0 Å². The number of fused-ring (bicyclic) bond motifs is 4. The molecule has 0 unspecified atom stereocenters. The lowest BCUT2D eigenvalue weighted by Crippen LogP contribution is -2.08. The van der Waals surface area contributed by atoms with E-state index in [1.54, 1.807) is 18.2 Å². The van der Waals surface area contributed by atoms with Crippen LogP contribution < -0.4 is 0 Å². The summed E-state index contributed by atoms with van der Waals surface area (Å²) in [7, 11) is 0. The van der Waals surface area contributed by atoms with E-state index < -0.39 is 11.7 Å². The number of hydrogen-bond donors (Lipinski definition) is 0. The van der Waals surface area contributed by atoms with Gasteiger partial charge < -0.3 is 8.80 Å². The molecule has 7 aromatic carbocycles. The molecular formula is C48H29F3N4. The number of hydrogen-bond acceptors (Lipinski definition) is 2. The number of rotatable bonds is 1. The van der Waals surface area contributed by atoms with E-state index in [9.17, 15) is 23.7 Å². The van der Waals surface area contributed by atoms with Crippen LogP contribution in [0.5, 0.6) is 0 Å². The maximum Gasteiger partial charge on any atom is 0.417 e. The smallest absolute Gasteiger partial charge is 0.309 e. The molecular weight excluding hydrogens is 690 g/mol. The first-order chi connectivity index (χ1) is 26.5. The highest BCUT2D eigenvalue weighted by Gasteiger charge is 2.34. The van der Waals surface area contributed by atoms with E-state index in [-0.39, 0.29) is 11.1 Å². The Bertz CT molecular complexity index is 3480. The molecule has 0 fully saturated rings. The van der Waals surface area contributed by atoms with Crippen LogP contribution in [0.1, 0.15) is 33.4 Å². The Labute approximate surface area is 312 Å². The first-order valence-corrected chi connectivity index (χ1v) is 17.9. The third kappa shape index (κ3) is 4.77. The van der Waals surface area contributed by atoms with Gasteiger partial charge in [-0.15, -0.1) is 0 Å². The second kappa shape index (κ2) is 11.5. The van der Waals surface area contributed by atoms with E-state index in [4.69, 9.17) is 0 Å². The van der Waals surface area contributed by atoms with Crippen molar-refractivity contribution in [2.75, 3.05) is 0 Å². The quantitative estimate of drug-likeness (QED) is 0.170. The van der Waals surface area contributed by atoms with Crippen molar-refractivity contribution in [3.8, 4) is 23.3 Å². The van der Waals surface area contributed by atoms with Gasteiger partial charge in [0.05, 0.1) is 56.4 Å². The van der Waals surface area contributed by atoms with Crippen LogP contribution in [0.3, 0.4) is 0 Å². The molecule has 0 amide bonds. The van der Waals surface area contributed by atoms with Crippen LogP contribution in [0.25, 0.3) is 87.3 Å². The minimum absolute atomic E-state index is 0.0538. The molecule has 262 valence electrons. The van der Waals surface area contributed by atoms with Crippen molar-refractivity contribution >= 4 is 76.2 Å². The average Bonchev–Trinajstić information content (AvgIpc) is 3.67. The molecule has 11 rings (SSSR count). The van der Waals surface area contributed by atoms with Crippen molar-refractivity contribution in [1.82, 2.24) is 8.80 Å². The molecule has 0 saturated carbocycles. The Morgan fingerprint density at radius 2 is 0.982 bits per heavy atom. The molecule has 0 spiro atoms. The monoisotopic (exact) mass is 718 g/mol. The third-order valence-electron chi connectivity index (χ3n) is 11.1. The van der Waals surface area contributed by atoms with Crippen LogP contribution in [-0.4, -0.2) is 8.80 Å². The number of aryl methyl sites for hydroxylation is 3. The number of alkyl halides is 3. The van der Waals surface area contributed by atoms with Crippen molar-refractivity contribution in [1.29, 1.82) is 10.5 Å². The van der Waals surface area contributed by atoms with E-state index in [2.05, 4.69) is 102 Å². The average molecular weight is 719 g/mol. The predicted molar refractivity (Wildman–Crippen MR) is 216 cm³/mol. The van der Waals surface area contributed by atoms with Gasteiger partial charge in [0.15, 0.2) is 0 Å². The van der Waals surface area contributed by atoms with Gasteiger partial charge in [0.25, 0.3) is 0 Å². The van der Waals surface area contributed by atoms with Crippen LogP contribution in [0.2, 0.25) is 0 Å². The summed E-state index contributed by atoms with van der Waals surface area (Å²) in [4.78, 5) is 0. The SMILES string of the molecule is Cc1ccc2c(c1)c1cc3ccc1n2c1ccc(C#N)cc1c1cc(ccc1-c1ccc(C#N)cc1C(F)(F)F)n1c2ccc(C)cc2c2cc(C)cc3c21. The molecule has 0 aliphatic rings. The molecule has 4 heterocycles. The first kappa shape index (κ1) is 32.6. The summed E-state index contributed by atoms with van der Waals surface area (Å²) in [6, 6.07) is 42.6. The van der Waals surface area contributed by atoms with Crippen molar-refractivity contribution in [3.05, 3.63) is 155 Å². The highest BCUT2D eigenvalue weighted by molar-refractivity contribution is 6.21. The summed E-state index contributed by atoms with van der Waals surface area (Å²) in [6.07, 6.45) is -4.74. The second-order valence-electron chi connectivity index (χ2n) is 14.6. The Balaban J connectivity index is 1.59. The standard InChI is InChI=1S/C48H29F3N4/c1-26-5-13-44-37(16-26)40-22-31-8-15-46(40)55(44)45-14-7-29(24-52)20-39(45)36-23-32(9-11-33(36)34-10-6-30(25-53)21-42(34)48(49,50)51)54-43-12-4-27(2)17-38(43)41-19-28(3)18-35(31)47(41)54/h4-23H,1-3H3. The zero-order valence-corrected chi connectivity index (χ0v) is 30.0. The lowest BCUT2D eigenvalue weighted by molar-refractivity contribution is -0.137. The van der Waals surface area contributed by atoms with Gasteiger partial charge in [0, 0.05) is 37.8 Å². The van der Waals surface area contributed by atoms with Crippen molar-refractivity contribution in [3.63, 3.8) is 0 Å². The van der Waals surface area contributed by atoms with Crippen LogP contribution in [-0.2, 0) is 6.18 Å². The fraction of sp³-hybridized carbons (Fsp3) is 0.0833. The highest BCUT2D eigenvalue weighted by atomic mass is 19.4. The fourth-order valence-electron chi connectivity index (χ4n) is 8.69. The first-order valence-electron chi connectivity index (χ1n) is 17.9. The van der Waals surface area contributed by atoms with Gasteiger partial charge in [0.2, 0.25) is 0 Å². The zero-order valence-electron chi connectivity index (χ0n) is 30.0. The molecule has 6 bridgehead atoms. The van der Waals surface area contributed by atoms with Crippen molar-refractivity contribution in [2.24, 2.45) is 0 Å². The number of nitrogens with zero attached hydrogens (tertiary/aromatic N) is 4. The highest BCUT2D eigenvalue weighted by Crippen LogP contribution is 2.43. The Morgan fingerprint density at radius 3 is 1.67 bits per heavy atom. The van der Waals surface area contributed by atoms with E-state index >= 15 is 0 Å². The van der Waals surface area contributed by atoms with Gasteiger partial charge in [-0.3, -0.25) is 0 Å². The number of nitriles is 2. The maximum atomic E-state index is 15.0. The van der Waals surface area contributed by atoms with E-state index in [0.29, 0.717) is 21.9 Å². The Morgan fingerprint density at radius 1 is 0.455 bits per heavy atom. The van der Waals surface area contributed by atoms with Gasteiger partial charge >= 0.3 is 6.18 Å². The lowest BCUT2D eigenvalue weighted by atomic mass is 9.93. The van der Waals surface area contributed by atoms with Gasteiger partial charge in [-0.25, -0.2) is 0 Å². The summed E-state index contributed by atoms with van der Waals surface area (Å²) in [5.74, 6) is 0. The minimum atomic E-state index is -4.74. The normalized spacial score (nSPS) is 12.1. The second-order valence-corrected chi connectivity index (χ2v) is 14.6. The zero-order chi connectivity index (χ0) is 37.9. The summed E-state index contributed by atoms with van der Waals surface area (Å²) >= 11 is 0. The summed E-state index contributed by atoms with van der Waals surface area (Å²) in [6.45, 7) is 6.25. The Kier molecular flexibility index (Phi) is 6.78. The number of benzene rings is 7. The topological polar surface area (TPSA) is 56.4 Å². The minimum Gasteiger partial charge on any atom is -0.309 e. The lowest BCUT2D eigenvalue weighted by Gasteiger charge is -2.16. The van der Waals surface area contributed by atoms with E-state index in [1.807, 2.05) is 24.3 Å². The van der Waals surface area contributed by atoms with Gasteiger partial charge in [-0.2, -0.15) is 23.7 Å². The van der Waals surface area contributed by atoms with Crippen LogP contribution in [0.15, 0.2) is 121 Å². The van der Waals surface area contributed by atoms with E-state index in [0.717, 1.165) is 88.2 Å². The Hall–Kier alpha value is -7.09. The molecule has 55 heavy (non-hydrogen) atoms. The van der Waals surface area contributed by atoms with Crippen LogP contribution in [0.4, 0.5) is 13.2 Å². The third-order valence-corrected chi connectivity index (χ3v) is 11.1. The van der Waals surface area contributed by atoms with Crippen LogP contribution >= 0.6 is 0 Å². The van der Waals surface area contributed by atoms with Gasteiger partial charge in [-0.1, -0.05) is 41.5 Å². The molecule has 11 aromatic rings. The predicted octanol–water partition coefficient (Wildman–Crippen LogP) is 13.0.